The highest BCUT2D eigenvalue weighted by molar-refractivity contribution is 7.18. The lowest BCUT2D eigenvalue weighted by Gasteiger charge is -2.07. The van der Waals surface area contributed by atoms with Crippen molar-refractivity contribution in [1.82, 2.24) is 15.0 Å². The molecule has 3 aromatic heterocycles. The van der Waals surface area contributed by atoms with Crippen LogP contribution in [0.25, 0.3) is 10.2 Å². The molecule has 0 fully saturated rings. The minimum atomic E-state index is 0.283. The third-order valence-corrected chi connectivity index (χ3v) is 4.06. The molecule has 102 valence electrons. The van der Waals surface area contributed by atoms with Crippen LogP contribution in [0.3, 0.4) is 0 Å². The molecule has 0 unspecified atom stereocenters. The lowest BCUT2D eigenvalue weighted by molar-refractivity contribution is 1.00. The van der Waals surface area contributed by atoms with Gasteiger partial charge in [0.15, 0.2) is 0 Å². The molecule has 0 saturated heterocycles. The number of thiophene rings is 1. The maximum absolute atomic E-state index is 5.97. The van der Waals surface area contributed by atoms with Crippen LogP contribution in [0.5, 0.6) is 0 Å². The Bertz CT molecular complexity index is 727. The van der Waals surface area contributed by atoms with E-state index in [4.69, 9.17) is 11.6 Å². The maximum Gasteiger partial charge on any atom is 0.225 e. The van der Waals surface area contributed by atoms with Crippen LogP contribution in [-0.4, -0.2) is 21.5 Å². The summed E-state index contributed by atoms with van der Waals surface area (Å²) in [5.74, 6) is 0.804. The van der Waals surface area contributed by atoms with E-state index in [2.05, 4.69) is 33.3 Å². The average Bonchev–Trinajstić information content (AvgIpc) is 2.80. The van der Waals surface area contributed by atoms with Crippen molar-refractivity contribution >= 4 is 39.0 Å². The number of hydrogen-bond acceptors (Lipinski definition) is 5. The summed E-state index contributed by atoms with van der Waals surface area (Å²) in [6.45, 7) is 2.85. The highest BCUT2D eigenvalue weighted by atomic mass is 35.5. The molecule has 0 spiro atoms. The molecular formula is C14H13ClN4S. The first kappa shape index (κ1) is 13.3. The minimum Gasteiger partial charge on any atom is -0.369 e. The number of pyridine rings is 1. The van der Waals surface area contributed by atoms with Crippen molar-refractivity contribution in [2.24, 2.45) is 0 Å². The van der Waals surface area contributed by atoms with Gasteiger partial charge in [-0.3, -0.25) is 4.98 Å². The van der Waals surface area contributed by atoms with Gasteiger partial charge in [0.05, 0.1) is 5.39 Å². The fourth-order valence-electron chi connectivity index (χ4n) is 2.03. The number of hydrogen-bond donors (Lipinski definition) is 1. The van der Waals surface area contributed by atoms with Crippen molar-refractivity contribution < 1.29 is 0 Å². The quantitative estimate of drug-likeness (QED) is 0.747. The molecule has 0 aliphatic rings. The number of nitrogens with one attached hydrogen (secondary N) is 1. The van der Waals surface area contributed by atoms with Crippen LogP contribution in [0, 0.1) is 6.92 Å². The Balaban J connectivity index is 1.77. The van der Waals surface area contributed by atoms with E-state index in [0.29, 0.717) is 0 Å². The second kappa shape index (κ2) is 5.73. The van der Waals surface area contributed by atoms with E-state index in [1.165, 1.54) is 10.4 Å². The van der Waals surface area contributed by atoms with Crippen LogP contribution in [0.4, 0.5) is 5.82 Å². The van der Waals surface area contributed by atoms with Crippen LogP contribution < -0.4 is 5.32 Å². The van der Waals surface area contributed by atoms with E-state index in [1.54, 1.807) is 23.7 Å². The van der Waals surface area contributed by atoms with Crippen molar-refractivity contribution in [3.05, 3.63) is 46.3 Å². The second-order valence-electron chi connectivity index (χ2n) is 4.45. The van der Waals surface area contributed by atoms with E-state index in [0.717, 1.165) is 29.0 Å². The van der Waals surface area contributed by atoms with Crippen LogP contribution in [0.2, 0.25) is 5.28 Å². The van der Waals surface area contributed by atoms with Gasteiger partial charge in [0.2, 0.25) is 5.28 Å². The highest BCUT2D eigenvalue weighted by Gasteiger charge is 2.09. The Morgan fingerprint density at radius 3 is 2.85 bits per heavy atom. The molecule has 3 rings (SSSR count). The van der Waals surface area contributed by atoms with Gasteiger partial charge in [-0.25, -0.2) is 9.97 Å². The predicted octanol–water partition coefficient (Wildman–Crippen LogP) is 3.70. The van der Waals surface area contributed by atoms with Crippen LogP contribution in [-0.2, 0) is 6.42 Å². The van der Waals surface area contributed by atoms with Gasteiger partial charge in [0.1, 0.15) is 10.6 Å². The molecule has 0 radical (unpaired) electrons. The normalized spacial score (nSPS) is 10.9. The Hall–Kier alpha value is -1.72. The SMILES string of the molecule is Cc1cc2c(NCCc3ccncc3)nc(Cl)nc2s1. The van der Waals surface area contributed by atoms with E-state index in [-0.39, 0.29) is 5.28 Å². The third-order valence-electron chi connectivity index (χ3n) is 2.94. The van der Waals surface area contributed by atoms with E-state index < -0.39 is 0 Å². The van der Waals surface area contributed by atoms with E-state index >= 15 is 0 Å². The molecule has 6 heteroatoms. The summed E-state index contributed by atoms with van der Waals surface area (Å²) in [6, 6.07) is 6.11. The predicted molar refractivity (Wildman–Crippen MR) is 83.6 cm³/mol. The van der Waals surface area contributed by atoms with Gasteiger partial charge in [-0.1, -0.05) is 0 Å². The van der Waals surface area contributed by atoms with E-state index in [9.17, 15) is 0 Å². The number of fused-ring (bicyclic) bond motifs is 1. The molecule has 0 bridgehead atoms. The summed E-state index contributed by atoms with van der Waals surface area (Å²) < 4.78 is 0. The van der Waals surface area contributed by atoms with Gasteiger partial charge in [-0.05, 0) is 48.7 Å². The maximum atomic E-state index is 5.97. The molecule has 0 aliphatic heterocycles. The average molecular weight is 305 g/mol. The van der Waals surface area contributed by atoms with Crippen molar-refractivity contribution in [3.63, 3.8) is 0 Å². The molecule has 3 heterocycles. The molecule has 3 aromatic rings. The Morgan fingerprint density at radius 2 is 2.05 bits per heavy atom. The molecule has 0 atom stereocenters. The fraction of sp³-hybridized carbons (Fsp3) is 0.214. The molecule has 1 N–H and O–H groups in total. The first-order valence-electron chi connectivity index (χ1n) is 6.29. The van der Waals surface area contributed by atoms with Crippen molar-refractivity contribution in [2.45, 2.75) is 13.3 Å². The standard InChI is InChI=1S/C14H13ClN4S/c1-9-8-11-12(18-14(15)19-13(11)20-9)17-7-4-10-2-5-16-6-3-10/h2-3,5-6,8H,4,7H2,1H3,(H,17,18,19). The van der Waals surface area contributed by atoms with Gasteiger partial charge < -0.3 is 5.32 Å². The van der Waals surface area contributed by atoms with Crippen LogP contribution in [0.1, 0.15) is 10.4 Å². The molecule has 0 saturated carbocycles. The largest absolute Gasteiger partial charge is 0.369 e. The number of anilines is 1. The lowest BCUT2D eigenvalue weighted by atomic mass is 10.2. The zero-order valence-corrected chi connectivity index (χ0v) is 12.5. The summed E-state index contributed by atoms with van der Waals surface area (Å²) in [7, 11) is 0. The number of aromatic nitrogens is 3. The Labute approximate surface area is 125 Å². The zero-order valence-electron chi connectivity index (χ0n) is 10.9. The number of halogens is 1. The summed E-state index contributed by atoms with van der Waals surface area (Å²) >= 11 is 7.59. The second-order valence-corrected chi connectivity index (χ2v) is 6.02. The molecule has 0 amide bonds. The van der Waals surface area contributed by atoms with Crippen LogP contribution >= 0.6 is 22.9 Å². The van der Waals surface area contributed by atoms with Crippen molar-refractivity contribution in [1.29, 1.82) is 0 Å². The van der Waals surface area contributed by atoms with Gasteiger partial charge in [0.25, 0.3) is 0 Å². The smallest absolute Gasteiger partial charge is 0.225 e. The number of aryl methyl sites for hydroxylation is 1. The Morgan fingerprint density at radius 1 is 1.25 bits per heavy atom. The monoisotopic (exact) mass is 304 g/mol. The summed E-state index contributed by atoms with van der Waals surface area (Å²) in [5.41, 5.74) is 1.24. The molecular weight excluding hydrogens is 292 g/mol. The first-order valence-corrected chi connectivity index (χ1v) is 7.48. The first-order chi connectivity index (χ1) is 9.72. The number of rotatable bonds is 4. The number of nitrogens with zero attached hydrogens (tertiary/aromatic N) is 3. The topological polar surface area (TPSA) is 50.7 Å². The van der Waals surface area contributed by atoms with Crippen molar-refractivity contribution in [2.75, 3.05) is 11.9 Å². The molecule has 4 nitrogen and oxygen atoms in total. The van der Waals surface area contributed by atoms with Gasteiger partial charge in [0, 0.05) is 23.8 Å². The van der Waals surface area contributed by atoms with E-state index in [1.807, 2.05) is 12.1 Å². The van der Waals surface area contributed by atoms with Gasteiger partial charge >= 0.3 is 0 Å². The van der Waals surface area contributed by atoms with Crippen LogP contribution in [0.15, 0.2) is 30.6 Å². The third kappa shape index (κ3) is 2.89. The summed E-state index contributed by atoms with van der Waals surface area (Å²) in [4.78, 5) is 14.7. The lowest BCUT2D eigenvalue weighted by Crippen LogP contribution is -2.07. The fourth-order valence-corrected chi connectivity index (χ4v) is 3.12. The van der Waals surface area contributed by atoms with Crippen molar-refractivity contribution in [3.8, 4) is 0 Å². The summed E-state index contributed by atoms with van der Waals surface area (Å²) in [6.07, 6.45) is 4.52. The van der Waals surface area contributed by atoms with Gasteiger partial charge in [-0.2, -0.15) is 0 Å². The Kier molecular flexibility index (Phi) is 3.80. The van der Waals surface area contributed by atoms with Gasteiger partial charge in [-0.15, -0.1) is 11.3 Å². The zero-order chi connectivity index (χ0) is 13.9. The molecule has 0 aliphatic carbocycles. The highest BCUT2D eigenvalue weighted by Crippen LogP contribution is 2.29. The molecule has 20 heavy (non-hydrogen) atoms. The molecule has 0 aromatic carbocycles. The summed E-state index contributed by atoms with van der Waals surface area (Å²) in [5, 5.41) is 4.66. The minimum absolute atomic E-state index is 0.283.